The Hall–Kier alpha value is -3.62. The lowest BCUT2D eigenvalue weighted by Crippen LogP contribution is -2.51. The summed E-state index contributed by atoms with van der Waals surface area (Å²) < 4.78 is 2.57. The fraction of sp³-hybridized carbons (Fsp3) is 0.241. The maximum Gasteiger partial charge on any atom is 0.266 e. The molecule has 8 heteroatoms. The van der Waals surface area contributed by atoms with Gasteiger partial charge >= 0.3 is 0 Å². The molecule has 0 N–H and O–H groups in total. The van der Waals surface area contributed by atoms with Gasteiger partial charge in [0.15, 0.2) is 0 Å². The van der Waals surface area contributed by atoms with Crippen molar-refractivity contribution >= 4 is 44.3 Å². The lowest BCUT2D eigenvalue weighted by atomic mass is 9.75. The molecule has 4 aliphatic rings. The Labute approximate surface area is 220 Å². The van der Waals surface area contributed by atoms with Crippen LogP contribution in [-0.2, 0) is 15.1 Å². The van der Waals surface area contributed by atoms with E-state index >= 15 is 0 Å². The van der Waals surface area contributed by atoms with E-state index in [2.05, 4.69) is 20.8 Å². The van der Waals surface area contributed by atoms with Gasteiger partial charge in [0.25, 0.3) is 5.56 Å². The number of hydrogen-bond acceptors (Lipinski definition) is 5. The predicted octanol–water partition coefficient (Wildman–Crippen LogP) is 3.99. The van der Waals surface area contributed by atoms with Crippen LogP contribution in [0, 0.1) is 11.8 Å². The Morgan fingerprint density at radius 3 is 2.49 bits per heavy atom. The molecule has 7 nitrogen and oxygen atoms in total. The van der Waals surface area contributed by atoms with Crippen molar-refractivity contribution in [3.8, 4) is 5.69 Å². The van der Waals surface area contributed by atoms with Crippen LogP contribution in [0.25, 0.3) is 16.6 Å². The van der Waals surface area contributed by atoms with Gasteiger partial charge in [0, 0.05) is 16.1 Å². The Morgan fingerprint density at radius 2 is 1.65 bits per heavy atom. The number of nitrogens with zero attached hydrogens (tertiary/aromatic N) is 4. The lowest BCUT2D eigenvalue weighted by Gasteiger charge is -2.38. The molecule has 3 fully saturated rings. The molecule has 0 unspecified atom stereocenters. The summed E-state index contributed by atoms with van der Waals surface area (Å²) in [4.78, 5) is 51.1. The maximum atomic E-state index is 14.4. The number of carbonyl (C=O) groups excluding carboxylic acids is 2. The normalized spacial score (nSPS) is 27.7. The van der Waals surface area contributed by atoms with E-state index in [1.807, 2.05) is 54.6 Å². The first-order chi connectivity index (χ1) is 18.0. The maximum absolute atomic E-state index is 14.4. The summed E-state index contributed by atoms with van der Waals surface area (Å²) in [5.41, 5.74) is 1.67. The third-order valence-electron chi connectivity index (χ3n) is 8.73. The second-order valence-electron chi connectivity index (χ2n) is 10.3. The fourth-order valence-corrected chi connectivity index (χ4v) is 7.72. The molecule has 0 aliphatic carbocycles. The Balaban J connectivity index is 1.45. The van der Waals surface area contributed by atoms with Crippen molar-refractivity contribution in [1.82, 2.24) is 14.5 Å². The molecule has 2 amide bonds. The van der Waals surface area contributed by atoms with Gasteiger partial charge in [-0.15, -0.1) is 0 Å². The number of fused-ring (bicyclic) bond motifs is 11. The van der Waals surface area contributed by atoms with Crippen molar-refractivity contribution in [3.05, 3.63) is 99.0 Å². The quantitative estimate of drug-likeness (QED) is 0.334. The highest BCUT2D eigenvalue weighted by molar-refractivity contribution is 9.10. The summed E-state index contributed by atoms with van der Waals surface area (Å²) in [5.74, 6) is -1.00. The van der Waals surface area contributed by atoms with Gasteiger partial charge in [-0.3, -0.25) is 23.9 Å². The van der Waals surface area contributed by atoms with Crippen molar-refractivity contribution < 1.29 is 9.59 Å². The minimum atomic E-state index is -0.984. The van der Waals surface area contributed by atoms with Crippen LogP contribution >= 0.6 is 15.9 Å². The van der Waals surface area contributed by atoms with Crippen molar-refractivity contribution in [2.45, 2.75) is 24.4 Å². The number of benzene rings is 3. The van der Waals surface area contributed by atoms with Crippen LogP contribution < -0.4 is 10.5 Å². The van der Waals surface area contributed by atoms with E-state index in [-0.39, 0.29) is 23.4 Å². The number of hydrogen-bond donors (Lipinski definition) is 0. The Kier molecular flexibility index (Phi) is 4.20. The molecule has 182 valence electrons. The van der Waals surface area contributed by atoms with Gasteiger partial charge in [0.05, 0.1) is 34.1 Å². The number of anilines is 1. The number of halogens is 1. The Bertz CT molecular complexity index is 1730. The van der Waals surface area contributed by atoms with Crippen molar-refractivity contribution in [1.29, 1.82) is 0 Å². The van der Waals surface area contributed by atoms with E-state index in [1.54, 1.807) is 22.8 Å². The average molecular weight is 553 g/mol. The average Bonchev–Trinajstić information content (AvgIpc) is 3.62. The molecule has 3 aromatic carbocycles. The van der Waals surface area contributed by atoms with Gasteiger partial charge in [-0.05, 0) is 61.9 Å². The summed E-state index contributed by atoms with van der Waals surface area (Å²) >= 11 is 3.45. The number of imide groups is 1. The summed E-state index contributed by atoms with van der Waals surface area (Å²) in [7, 11) is 0. The Morgan fingerprint density at radius 1 is 0.892 bits per heavy atom. The minimum Gasteiger partial charge on any atom is -0.283 e. The highest BCUT2D eigenvalue weighted by Gasteiger charge is 2.73. The van der Waals surface area contributed by atoms with E-state index in [0.29, 0.717) is 22.4 Å². The SMILES string of the molecule is O=C1[C@H]2[C@@H]3CCCN3[C@]3(c4ccccc4-n4c3nc3ccccc3c4=O)[C@H]2C(=O)N1c1ccc(Br)cc1. The largest absolute Gasteiger partial charge is 0.283 e. The van der Waals surface area contributed by atoms with Crippen LogP contribution in [0.4, 0.5) is 5.69 Å². The third-order valence-corrected chi connectivity index (χ3v) is 9.25. The standard InChI is InChI=1S/C29H21BrN4O3/c30-16-11-13-17(14-12-16)33-26(36)23-22-10-5-15-32(22)29(24(23)27(33)37)19-7-2-4-9-21(19)34-25(35)18-6-1-3-8-20(18)31-28(29)34/h1-4,6-9,11-14,22-24H,5,10,15H2/t22-,23-,24+,29+/m0/s1. The van der Waals surface area contributed by atoms with Crippen LogP contribution in [0.5, 0.6) is 0 Å². The first-order valence-corrected chi connectivity index (χ1v) is 13.3. The zero-order valence-corrected chi connectivity index (χ0v) is 21.3. The van der Waals surface area contributed by atoms with Gasteiger partial charge in [-0.1, -0.05) is 46.3 Å². The molecule has 0 radical (unpaired) electrons. The van der Waals surface area contributed by atoms with Gasteiger partial charge in [-0.2, -0.15) is 0 Å². The van der Waals surface area contributed by atoms with Crippen LogP contribution in [0.1, 0.15) is 24.2 Å². The molecule has 5 heterocycles. The summed E-state index contributed by atoms with van der Waals surface area (Å²) in [6.07, 6.45) is 1.76. The molecule has 1 spiro atoms. The predicted molar refractivity (Wildman–Crippen MR) is 141 cm³/mol. The molecule has 4 aromatic rings. The van der Waals surface area contributed by atoms with E-state index in [1.165, 1.54) is 4.90 Å². The minimum absolute atomic E-state index is 0.0927. The third kappa shape index (κ3) is 2.45. The molecular formula is C29H21BrN4O3. The second-order valence-corrected chi connectivity index (χ2v) is 11.2. The number of para-hydroxylation sites is 2. The van der Waals surface area contributed by atoms with Crippen LogP contribution in [-0.4, -0.2) is 38.9 Å². The number of amides is 2. The molecule has 8 rings (SSSR count). The first kappa shape index (κ1) is 21.5. The van der Waals surface area contributed by atoms with Gasteiger partial charge in [-0.25, -0.2) is 9.88 Å². The van der Waals surface area contributed by atoms with Crippen LogP contribution in [0.15, 0.2) is 82.1 Å². The molecule has 37 heavy (non-hydrogen) atoms. The van der Waals surface area contributed by atoms with E-state index < -0.39 is 17.4 Å². The van der Waals surface area contributed by atoms with Crippen molar-refractivity contribution in [3.63, 3.8) is 0 Å². The fourth-order valence-electron chi connectivity index (χ4n) is 7.46. The van der Waals surface area contributed by atoms with E-state index in [9.17, 15) is 14.4 Å². The molecule has 4 atom stereocenters. The molecule has 4 aliphatic heterocycles. The number of aromatic nitrogens is 2. The smallest absolute Gasteiger partial charge is 0.266 e. The number of carbonyl (C=O) groups is 2. The molecule has 3 saturated heterocycles. The highest BCUT2D eigenvalue weighted by Crippen LogP contribution is 2.62. The van der Waals surface area contributed by atoms with Crippen molar-refractivity contribution in [2.75, 3.05) is 11.4 Å². The van der Waals surface area contributed by atoms with E-state index in [0.717, 1.165) is 35.1 Å². The first-order valence-electron chi connectivity index (χ1n) is 12.6. The molecular weight excluding hydrogens is 532 g/mol. The zero-order valence-electron chi connectivity index (χ0n) is 19.7. The molecule has 1 aromatic heterocycles. The second kappa shape index (κ2) is 7.24. The van der Waals surface area contributed by atoms with Crippen molar-refractivity contribution in [2.24, 2.45) is 11.8 Å². The van der Waals surface area contributed by atoms with Gasteiger partial charge in [0.1, 0.15) is 11.4 Å². The molecule has 0 saturated carbocycles. The summed E-state index contributed by atoms with van der Waals surface area (Å²) in [6, 6.07) is 22.3. The highest BCUT2D eigenvalue weighted by atomic mass is 79.9. The monoisotopic (exact) mass is 552 g/mol. The topological polar surface area (TPSA) is 75.5 Å². The zero-order chi connectivity index (χ0) is 25.1. The van der Waals surface area contributed by atoms with Crippen LogP contribution in [0.3, 0.4) is 0 Å². The van der Waals surface area contributed by atoms with E-state index in [4.69, 9.17) is 4.98 Å². The molecule has 0 bridgehead atoms. The van der Waals surface area contributed by atoms with Gasteiger partial charge in [0.2, 0.25) is 11.8 Å². The van der Waals surface area contributed by atoms with Gasteiger partial charge < -0.3 is 0 Å². The summed E-state index contributed by atoms with van der Waals surface area (Å²) in [5, 5.41) is 0.538. The van der Waals surface area contributed by atoms with Crippen LogP contribution in [0.2, 0.25) is 0 Å². The number of rotatable bonds is 1. The lowest BCUT2D eigenvalue weighted by molar-refractivity contribution is -0.124. The summed E-state index contributed by atoms with van der Waals surface area (Å²) in [6.45, 7) is 0.744.